The minimum Gasteiger partial charge on any atom is -0.462 e. The second kappa shape index (κ2) is 18.0. The predicted molar refractivity (Wildman–Crippen MR) is 123 cm³/mol. The third kappa shape index (κ3) is 12.7. The number of hydrogen-bond donors (Lipinski definition) is 0. The summed E-state index contributed by atoms with van der Waals surface area (Å²) in [6, 6.07) is 6.63. The Morgan fingerprint density at radius 3 is 1.37 bits per heavy atom. The molecule has 0 aliphatic heterocycles. The quantitative estimate of drug-likeness (QED) is 0.183. The van der Waals surface area contributed by atoms with Crippen LogP contribution in [-0.4, -0.2) is 25.2 Å². The van der Waals surface area contributed by atoms with Crippen molar-refractivity contribution in [1.82, 2.24) is 0 Å². The Morgan fingerprint density at radius 2 is 0.967 bits per heavy atom. The third-order valence-corrected chi connectivity index (χ3v) is 5.30. The van der Waals surface area contributed by atoms with E-state index in [1.54, 1.807) is 24.3 Å². The first-order valence-electron chi connectivity index (χ1n) is 12.1. The van der Waals surface area contributed by atoms with Crippen molar-refractivity contribution < 1.29 is 19.1 Å². The van der Waals surface area contributed by atoms with Gasteiger partial charge in [0.25, 0.3) is 0 Å². The van der Waals surface area contributed by atoms with Crippen molar-refractivity contribution in [2.24, 2.45) is 0 Å². The molecule has 0 aliphatic rings. The number of carbonyl (C=O) groups excluding carboxylic acids is 2. The summed E-state index contributed by atoms with van der Waals surface area (Å²) < 4.78 is 10.7. The molecule has 0 atom stereocenters. The minimum absolute atomic E-state index is 0.372. The van der Waals surface area contributed by atoms with E-state index in [0.29, 0.717) is 24.3 Å². The Hall–Kier alpha value is -1.84. The van der Waals surface area contributed by atoms with E-state index in [1.165, 1.54) is 64.2 Å². The van der Waals surface area contributed by atoms with E-state index < -0.39 is 0 Å². The standard InChI is InChI=1S/C26H42O4/c1-3-5-7-9-11-13-15-20-29-25(27)23-18-17-19-24(22-23)26(28)30-21-16-14-12-10-8-6-4-2/h17-19,22H,3-16,20-21H2,1-2H3. The molecule has 30 heavy (non-hydrogen) atoms. The zero-order chi connectivity index (χ0) is 21.9. The summed E-state index contributed by atoms with van der Waals surface area (Å²) >= 11 is 0. The number of ether oxygens (including phenoxy) is 2. The molecule has 0 heterocycles. The molecule has 4 nitrogen and oxygen atoms in total. The number of rotatable bonds is 18. The summed E-state index contributed by atoms with van der Waals surface area (Å²) in [5, 5.41) is 0. The molecule has 1 aromatic carbocycles. The van der Waals surface area contributed by atoms with E-state index in [0.717, 1.165) is 25.7 Å². The van der Waals surface area contributed by atoms with Gasteiger partial charge in [0.2, 0.25) is 0 Å². The second-order valence-electron chi connectivity index (χ2n) is 8.10. The predicted octanol–water partition coefficient (Wildman–Crippen LogP) is 7.50. The number of unbranched alkanes of at least 4 members (excludes halogenated alkanes) is 12. The van der Waals surface area contributed by atoms with Gasteiger partial charge in [-0.1, -0.05) is 97.0 Å². The Labute approximate surface area is 183 Å². The lowest BCUT2D eigenvalue weighted by Gasteiger charge is -2.08. The van der Waals surface area contributed by atoms with Crippen LogP contribution in [0.15, 0.2) is 24.3 Å². The minimum atomic E-state index is -0.372. The summed E-state index contributed by atoms with van der Waals surface area (Å²) in [4.78, 5) is 24.5. The van der Waals surface area contributed by atoms with Gasteiger partial charge >= 0.3 is 11.9 Å². The van der Waals surface area contributed by atoms with E-state index in [4.69, 9.17) is 9.47 Å². The van der Waals surface area contributed by atoms with E-state index in [1.807, 2.05) is 0 Å². The number of esters is 2. The normalized spacial score (nSPS) is 10.7. The summed E-state index contributed by atoms with van der Waals surface area (Å²) in [5.74, 6) is -0.745. The zero-order valence-electron chi connectivity index (χ0n) is 19.3. The molecule has 1 aromatic rings. The van der Waals surface area contributed by atoms with Gasteiger partial charge in [0.05, 0.1) is 24.3 Å². The van der Waals surface area contributed by atoms with Crippen LogP contribution in [0.3, 0.4) is 0 Å². The summed E-state index contributed by atoms with van der Waals surface area (Å²) in [6.07, 6.45) is 16.5. The average molecular weight is 419 g/mol. The van der Waals surface area contributed by atoms with Gasteiger partial charge in [0.1, 0.15) is 0 Å². The highest BCUT2D eigenvalue weighted by molar-refractivity contribution is 5.95. The van der Waals surface area contributed by atoms with Crippen LogP contribution >= 0.6 is 0 Å². The molecule has 0 amide bonds. The van der Waals surface area contributed by atoms with Gasteiger partial charge in [-0.2, -0.15) is 0 Å². The molecule has 4 heteroatoms. The molecule has 170 valence electrons. The highest BCUT2D eigenvalue weighted by Gasteiger charge is 2.12. The Kier molecular flexibility index (Phi) is 15.7. The number of hydrogen-bond acceptors (Lipinski definition) is 4. The molecule has 0 N–H and O–H groups in total. The fourth-order valence-electron chi connectivity index (χ4n) is 3.39. The van der Waals surface area contributed by atoms with Crippen LogP contribution in [0.4, 0.5) is 0 Å². The Morgan fingerprint density at radius 1 is 0.600 bits per heavy atom. The molecular weight excluding hydrogens is 376 g/mol. The molecule has 0 aliphatic carbocycles. The summed E-state index contributed by atoms with van der Waals surface area (Å²) in [5.41, 5.74) is 0.812. The topological polar surface area (TPSA) is 52.6 Å². The van der Waals surface area contributed by atoms with Crippen LogP contribution in [0, 0.1) is 0 Å². The molecular formula is C26H42O4. The van der Waals surface area contributed by atoms with Crippen molar-refractivity contribution in [2.75, 3.05) is 13.2 Å². The van der Waals surface area contributed by atoms with E-state index in [-0.39, 0.29) is 11.9 Å². The molecule has 0 saturated heterocycles. The average Bonchev–Trinajstić information content (AvgIpc) is 2.77. The van der Waals surface area contributed by atoms with Crippen molar-refractivity contribution in [3.63, 3.8) is 0 Å². The lowest BCUT2D eigenvalue weighted by Crippen LogP contribution is -2.10. The van der Waals surface area contributed by atoms with Gasteiger partial charge in [0.15, 0.2) is 0 Å². The van der Waals surface area contributed by atoms with Crippen molar-refractivity contribution >= 4 is 11.9 Å². The molecule has 0 unspecified atom stereocenters. The maximum atomic E-state index is 12.2. The zero-order valence-corrected chi connectivity index (χ0v) is 19.3. The first-order chi connectivity index (χ1) is 14.7. The smallest absolute Gasteiger partial charge is 0.338 e. The van der Waals surface area contributed by atoms with Gasteiger partial charge in [-0.3, -0.25) is 0 Å². The Bertz CT molecular complexity index is 535. The van der Waals surface area contributed by atoms with Crippen LogP contribution in [0.5, 0.6) is 0 Å². The van der Waals surface area contributed by atoms with Gasteiger partial charge in [-0.05, 0) is 31.0 Å². The van der Waals surface area contributed by atoms with Crippen LogP contribution in [0.2, 0.25) is 0 Å². The molecule has 0 saturated carbocycles. The van der Waals surface area contributed by atoms with Crippen molar-refractivity contribution in [3.05, 3.63) is 35.4 Å². The molecule has 0 radical (unpaired) electrons. The van der Waals surface area contributed by atoms with Crippen LogP contribution in [0.25, 0.3) is 0 Å². The lowest BCUT2D eigenvalue weighted by atomic mass is 10.1. The van der Waals surface area contributed by atoms with E-state index in [2.05, 4.69) is 13.8 Å². The fourth-order valence-corrected chi connectivity index (χ4v) is 3.39. The molecule has 1 rings (SSSR count). The highest BCUT2D eigenvalue weighted by atomic mass is 16.5. The van der Waals surface area contributed by atoms with Crippen LogP contribution in [0.1, 0.15) is 124 Å². The SMILES string of the molecule is CCCCCCCCCOC(=O)c1cccc(C(=O)OCCCCCCCCC)c1. The molecule has 0 bridgehead atoms. The van der Waals surface area contributed by atoms with Gasteiger partial charge in [0, 0.05) is 0 Å². The number of carbonyl (C=O) groups is 2. The maximum Gasteiger partial charge on any atom is 0.338 e. The lowest BCUT2D eigenvalue weighted by molar-refractivity contribution is 0.0496. The second-order valence-corrected chi connectivity index (χ2v) is 8.10. The monoisotopic (exact) mass is 418 g/mol. The van der Waals surface area contributed by atoms with Gasteiger partial charge in [-0.15, -0.1) is 0 Å². The molecule has 0 aromatic heterocycles. The van der Waals surface area contributed by atoms with Crippen molar-refractivity contribution in [1.29, 1.82) is 0 Å². The van der Waals surface area contributed by atoms with Gasteiger partial charge < -0.3 is 9.47 Å². The first-order valence-corrected chi connectivity index (χ1v) is 12.1. The molecule has 0 spiro atoms. The fraction of sp³-hybridized carbons (Fsp3) is 0.692. The molecule has 0 fully saturated rings. The van der Waals surface area contributed by atoms with Gasteiger partial charge in [-0.25, -0.2) is 9.59 Å². The summed E-state index contributed by atoms with van der Waals surface area (Å²) in [6.45, 7) is 5.29. The van der Waals surface area contributed by atoms with Crippen LogP contribution in [-0.2, 0) is 9.47 Å². The highest BCUT2D eigenvalue weighted by Crippen LogP contribution is 2.12. The third-order valence-electron chi connectivity index (χ3n) is 5.30. The van der Waals surface area contributed by atoms with Crippen LogP contribution < -0.4 is 0 Å². The van der Waals surface area contributed by atoms with Crippen molar-refractivity contribution in [3.8, 4) is 0 Å². The number of benzene rings is 1. The van der Waals surface area contributed by atoms with E-state index >= 15 is 0 Å². The maximum absolute atomic E-state index is 12.2. The van der Waals surface area contributed by atoms with Crippen molar-refractivity contribution in [2.45, 2.75) is 104 Å². The summed E-state index contributed by atoms with van der Waals surface area (Å²) in [7, 11) is 0. The van der Waals surface area contributed by atoms with E-state index in [9.17, 15) is 9.59 Å². The largest absolute Gasteiger partial charge is 0.462 e. The first kappa shape index (κ1) is 26.2. The Balaban J connectivity index is 2.22.